The Labute approximate surface area is 104 Å². The molecule has 1 aliphatic heterocycles. The van der Waals surface area contributed by atoms with Crippen LogP contribution in [0.4, 0.5) is 0 Å². The summed E-state index contributed by atoms with van der Waals surface area (Å²) in [5.41, 5.74) is 2.75. The van der Waals surface area contributed by atoms with Gasteiger partial charge in [-0.05, 0) is 48.9 Å². The molecule has 1 N–H and O–H groups in total. The van der Waals surface area contributed by atoms with Gasteiger partial charge >= 0.3 is 0 Å². The highest BCUT2D eigenvalue weighted by atomic mass is 16.5. The Hall–Kier alpha value is -1.02. The molecule has 0 amide bonds. The Morgan fingerprint density at radius 1 is 1.41 bits per heavy atom. The minimum atomic E-state index is 0.580. The smallest absolute Gasteiger partial charge is 0.122 e. The number of methoxy groups -OCH3 is 1. The molecule has 2 nitrogen and oxygen atoms in total. The van der Waals surface area contributed by atoms with Crippen LogP contribution >= 0.6 is 0 Å². The fourth-order valence-electron chi connectivity index (χ4n) is 2.51. The van der Waals surface area contributed by atoms with Crippen LogP contribution < -0.4 is 10.1 Å². The van der Waals surface area contributed by atoms with Crippen molar-refractivity contribution in [3.8, 4) is 5.75 Å². The molecule has 1 aromatic rings. The van der Waals surface area contributed by atoms with Gasteiger partial charge in [-0.1, -0.05) is 26.0 Å². The molecule has 1 atom stereocenters. The third-order valence-corrected chi connectivity index (χ3v) is 3.60. The highest BCUT2D eigenvalue weighted by molar-refractivity contribution is 5.39. The SMILES string of the molecule is COc1ccc(C(C)C)cc1CC1CCCN1. The number of nitrogens with one attached hydrogen (secondary N) is 1. The summed E-state index contributed by atoms with van der Waals surface area (Å²) in [7, 11) is 1.76. The molecule has 2 heteroatoms. The van der Waals surface area contributed by atoms with Gasteiger partial charge in [0.1, 0.15) is 5.75 Å². The fourth-order valence-corrected chi connectivity index (χ4v) is 2.51. The number of ether oxygens (including phenoxy) is 1. The van der Waals surface area contributed by atoms with Gasteiger partial charge in [-0.15, -0.1) is 0 Å². The van der Waals surface area contributed by atoms with Crippen LogP contribution in [-0.2, 0) is 6.42 Å². The maximum atomic E-state index is 5.46. The summed E-state index contributed by atoms with van der Waals surface area (Å²) in [6, 6.07) is 7.23. The number of hydrogen-bond acceptors (Lipinski definition) is 2. The molecular weight excluding hydrogens is 210 g/mol. The molecule has 1 unspecified atom stereocenters. The van der Waals surface area contributed by atoms with Crippen molar-refractivity contribution in [1.82, 2.24) is 5.32 Å². The van der Waals surface area contributed by atoms with E-state index in [0.29, 0.717) is 12.0 Å². The van der Waals surface area contributed by atoms with Gasteiger partial charge in [-0.3, -0.25) is 0 Å². The Bertz CT molecular complexity index is 367. The van der Waals surface area contributed by atoms with Gasteiger partial charge in [0.05, 0.1) is 7.11 Å². The third-order valence-electron chi connectivity index (χ3n) is 3.60. The first kappa shape index (κ1) is 12.4. The van der Waals surface area contributed by atoms with Crippen molar-refractivity contribution in [3.05, 3.63) is 29.3 Å². The topological polar surface area (TPSA) is 21.3 Å². The second-order valence-corrected chi connectivity index (χ2v) is 5.22. The van der Waals surface area contributed by atoms with E-state index in [9.17, 15) is 0 Å². The molecule has 0 radical (unpaired) electrons. The van der Waals surface area contributed by atoms with Crippen LogP contribution in [0.5, 0.6) is 5.75 Å². The average Bonchev–Trinajstić information content (AvgIpc) is 2.81. The average molecular weight is 233 g/mol. The zero-order valence-electron chi connectivity index (χ0n) is 11.1. The molecule has 0 spiro atoms. The second kappa shape index (κ2) is 5.54. The first-order chi connectivity index (χ1) is 8.20. The normalized spacial score (nSPS) is 19.9. The predicted molar refractivity (Wildman–Crippen MR) is 71.8 cm³/mol. The molecule has 1 heterocycles. The van der Waals surface area contributed by atoms with E-state index in [2.05, 4.69) is 37.4 Å². The first-order valence-corrected chi connectivity index (χ1v) is 6.61. The third kappa shape index (κ3) is 3.01. The summed E-state index contributed by atoms with van der Waals surface area (Å²) in [6.45, 7) is 5.63. The van der Waals surface area contributed by atoms with Crippen molar-refractivity contribution in [3.63, 3.8) is 0 Å². The van der Waals surface area contributed by atoms with E-state index < -0.39 is 0 Å². The monoisotopic (exact) mass is 233 g/mol. The van der Waals surface area contributed by atoms with E-state index in [4.69, 9.17) is 4.74 Å². The molecule has 94 valence electrons. The van der Waals surface area contributed by atoms with Crippen molar-refractivity contribution in [1.29, 1.82) is 0 Å². The Morgan fingerprint density at radius 3 is 2.82 bits per heavy atom. The summed E-state index contributed by atoms with van der Waals surface area (Å²) >= 11 is 0. The molecule has 0 aliphatic carbocycles. The summed E-state index contributed by atoms with van der Waals surface area (Å²) < 4.78 is 5.46. The molecule has 0 saturated carbocycles. The molecule has 17 heavy (non-hydrogen) atoms. The van der Waals surface area contributed by atoms with Crippen molar-refractivity contribution >= 4 is 0 Å². The lowest BCUT2D eigenvalue weighted by Crippen LogP contribution is -2.23. The molecule has 1 saturated heterocycles. The fraction of sp³-hybridized carbons (Fsp3) is 0.600. The van der Waals surface area contributed by atoms with Gasteiger partial charge in [0.15, 0.2) is 0 Å². The molecular formula is C15H23NO. The van der Waals surface area contributed by atoms with E-state index >= 15 is 0 Å². The van der Waals surface area contributed by atoms with E-state index in [0.717, 1.165) is 18.7 Å². The lowest BCUT2D eigenvalue weighted by atomic mass is 9.96. The van der Waals surface area contributed by atoms with Gasteiger partial charge in [-0.2, -0.15) is 0 Å². The largest absolute Gasteiger partial charge is 0.496 e. The summed E-state index contributed by atoms with van der Waals surface area (Å²) in [5.74, 6) is 1.61. The van der Waals surface area contributed by atoms with Gasteiger partial charge in [0, 0.05) is 6.04 Å². The van der Waals surface area contributed by atoms with Crippen LogP contribution in [0.1, 0.15) is 43.7 Å². The molecule has 2 rings (SSSR count). The van der Waals surface area contributed by atoms with Crippen molar-refractivity contribution < 1.29 is 4.74 Å². The Balaban J connectivity index is 2.19. The number of benzene rings is 1. The van der Waals surface area contributed by atoms with Crippen LogP contribution in [0.2, 0.25) is 0 Å². The number of hydrogen-bond donors (Lipinski definition) is 1. The van der Waals surface area contributed by atoms with Crippen LogP contribution in [0, 0.1) is 0 Å². The molecule has 0 bridgehead atoms. The summed E-state index contributed by atoms with van der Waals surface area (Å²) in [4.78, 5) is 0. The van der Waals surface area contributed by atoms with Crippen molar-refractivity contribution in [2.75, 3.05) is 13.7 Å². The standard InChI is InChI=1S/C15H23NO/c1-11(2)12-6-7-15(17-3)13(9-12)10-14-5-4-8-16-14/h6-7,9,11,14,16H,4-5,8,10H2,1-3H3. The van der Waals surface area contributed by atoms with Crippen LogP contribution in [0.15, 0.2) is 18.2 Å². The minimum Gasteiger partial charge on any atom is -0.496 e. The lowest BCUT2D eigenvalue weighted by molar-refractivity contribution is 0.406. The first-order valence-electron chi connectivity index (χ1n) is 6.61. The van der Waals surface area contributed by atoms with Gasteiger partial charge in [-0.25, -0.2) is 0 Å². The van der Waals surface area contributed by atoms with Crippen LogP contribution in [-0.4, -0.2) is 19.7 Å². The van der Waals surface area contributed by atoms with Crippen molar-refractivity contribution in [2.24, 2.45) is 0 Å². The second-order valence-electron chi connectivity index (χ2n) is 5.22. The van der Waals surface area contributed by atoms with E-state index in [-0.39, 0.29) is 0 Å². The summed E-state index contributed by atoms with van der Waals surface area (Å²) in [6.07, 6.45) is 3.68. The zero-order valence-corrected chi connectivity index (χ0v) is 11.1. The van der Waals surface area contributed by atoms with Gasteiger partial charge in [0.2, 0.25) is 0 Å². The van der Waals surface area contributed by atoms with Gasteiger partial charge in [0.25, 0.3) is 0 Å². The predicted octanol–water partition coefficient (Wildman–Crippen LogP) is 3.11. The maximum absolute atomic E-state index is 5.46. The Kier molecular flexibility index (Phi) is 4.06. The molecule has 1 fully saturated rings. The van der Waals surface area contributed by atoms with E-state index in [1.165, 1.54) is 24.0 Å². The van der Waals surface area contributed by atoms with Crippen LogP contribution in [0.25, 0.3) is 0 Å². The van der Waals surface area contributed by atoms with Gasteiger partial charge < -0.3 is 10.1 Å². The molecule has 1 aromatic carbocycles. The summed E-state index contributed by atoms with van der Waals surface area (Å²) in [5, 5.41) is 3.55. The number of rotatable bonds is 4. The van der Waals surface area contributed by atoms with Crippen molar-refractivity contribution in [2.45, 2.75) is 45.1 Å². The highest BCUT2D eigenvalue weighted by Crippen LogP contribution is 2.26. The lowest BCUT2D eigenvalue weighted by Gasteiger charge is -2.16. The van der Waals surface area contributed by atoms with Crippen LogP contribution in [0.3, 0.4) is 0 Å². The molecule has 1 aliphatic rings. The Morgan fingerprint density at radius 2 is 2.24 bits per heavy atom. The highest BCUT2D eigenvalue weighted by Gasteiger charge is 2.17. The van der Waals surface area contributed by atoms with E-state index in [1.54, 1.807) is 7.11 Å². The zero-order chi connectivity index (χ0) is 12.3. The minimum absolute atomic E-state index is 0.580. The maximum Gasteiger partial charge on any atom is 0.122 e. The molecule has 0 aromatic heterocycles. The van der Waals surface area contributed by atoms with E-state index in [1.807, 2.05) is 0 Å². The quantitative estimate of drug-likeness (QED) is 0.862.